The number of amides is 1. The minimum atomic E-state index is -3.91. The summed E-state index contributed by atoms with van der Waals surface area (Å²) in [5.41, 5.74) is 0.948. The lowest BCUT2D eigenvalue weighted by molar-refractivity contribution is -0.133. The molecule has 0 N–H and O–H groups in total. The normalized spacial score (nSPS) is 16.1. The summed E-state index contributed by atoms with van der Waals surface area (Å²) in [6.45, 7) is 1.03. The Bertz CT molecular complexity index is 1160. The van der Waals surface area contributed by atoms with E-state index in [0.717, 1.165) is 22.9 Å². The zero-order valence-corrected chi connectivity index (χ0v) is 21.1. The zero-order chi connectivity index (χ0) is 24.0. The van der Waals surface area contributed by atoms with Crippen LogP contribution in [0.2, 0.25) is 0 Å². The van der Waals surface area contributed by atoms with Crippen molar-refractivity contribution in [3.63, 3.8) is 0 Å². The third-order valence-electron chi connectivity index (χ3n) is 5.69. The average molecular weight is 547 g/mol. The molecule has 1 aliphatic heterocycles. The number of benzene rings is 2. The van der Waals surface area contributed by atoms with Crippen LogP contribution >= 0.6 is 15.9 Å². The van der Waals surface area contributed by atoms with Gasteiger partial charge in [-0.2, -0.15) is 4.31 Å². The Morgan fingerprint density at radius 2 is 1.76 bits per heavy atom. The number of nitrogens with zero attached hydrogens (tertiary/aromatic N) is 2. The Hall–Kier alpha value is -2.46. The Morgan fingerprint density at radius 3 is 2.41 bits per heavy atom. The molecule has 4 rings (SSSR count). The van der Waals surface area contributed by atoms with Gasteiger partial charge in [0.05, 0.1) is 30.4 Å². The van der Waals surface area contributed by atoms with Gasteiger partial charge in [-0.25, -0.2) is 8.42 Å². The number of carbonyl (C=O) groups excluding carboxylic acids is 1. The standard InChI is InChI=1S/C25H27BrN2O5S/c26-21-10-12-24(13-11-21)34(30,31)28(18-23-9-5-15-33-23)19-25(29)27(17-22-8-4-14-32-22)16-20-6-2-1-3-7-20/h1-4,6-8,10-14,23H,5,9,15-19H2. The van der Waals surface area contributed by atoms with E-state index in [0.29, 0.717) is 18.9 Å². The summed E-state index contributed by atoms with van der Waals surface area (Å²) in [5.74, 6) is 0.324. The predicted octanol–water partition coefficient (Wildman–Crippen LogP) is 4.44. The second-order valence-corrected chi connectivity index (χ2v) is 11.1. The van der Waals surface area contributed by atoms with E-state index in [1.165, 1.54) is 16.4 Å². The molecule has 1 aliphatic rings. The topological polar surface area (TPSA) is 80.1 Å². The van der Waals surface area contributed by atoms with Crippen molar-refractivity contribution < 1.29 is 22.4 Å². The fourth-order valence-corrected chi connectivity index (χ4v) is 5.58. The van der Waals surface area contributed by atoms with Crippen LogP contribution in [0.15, 0.2) is 86.8 Å². The highest BCUT2D eigenvalue weighted by molar-refractivity contribution is 9.10. The third-order valence-corrected chi connectivity index (χ3v) is 8.04. The summed E-state index contributed by atoms with van der Waals surface area (Å²) in [7, 11) is -3.91. The average Bonchev–Trinajstić information content (AvgIpc) is 3.53. The van der Waals surface area contributed by atoms with Crippen LogP contribution < -0.4 is 0 Å². The molecule has 1 amide bonds. The maximum absolute atomic E-state index is 13.5. The molecule has 0 aliphatic carbocycles. The first-order valence-electron chi connectivity index (χ1n) is 11.1. The number of hydrogen-bond donors (Lipinski definition) is 0. The summed E-state index contributed by atoms with van der Waals surface area (Å²) >= 11 is 3.34. The summed E-state index contributed by atoms with van der Waals surface area (Å²) < 4.78 is 40.2. The largest absolute Gasteiger partial charge is 0.467 e. The zero-order valence-electron chi connectivity index (χ0n) is 18.7. The number of hydrogen-bond acceptors (Lipinski definition) is 5. The minimum absolute atomic E-state index is 0.129. The highest BCUT2D eigenvalue weighted by Crippen LogP contribution is 2.22. The van der Waals surface area contributed by atoms with Crippen LogP contribution in [0.4, 0.5) is 0 Å². The lowest BCUT2D eigenvalue weighted by atomic mass is 10.2. The molecule has 1 saturated heterocycles. The van der Waals surface area contributed by atoms with E-state index in [1.807, 2.05) is 30.3 Å². The maximum Gasteiger partial charge on any atom is 0.243 e. The number of ether oxygens (including phenoxy) is 1. The first-order chi connectivity index (χ1) is 16.4. The van der Waals surface area contributed by atoms with E-state index < -0.39 is 10.0 Å². The number of furan rings is 1. The summed E-state index contributed by atoms with van der Waals surface area (Å²) in [4.78, 5) is 15.3. The second-order valence-electron chi connectivity index (χ2n) is 8.20. The van der Waals surface area contributed by atoms with Gasteiger partial charge in [0.25, 0.3) is 0 Å². The highest BCUT2D eigenvalue weighted by Gasteiger charge is 2.32. The quantitative estimate of drug-likeness (QED) is 0.375. The van der Waals surface area contributed by atoms with Crippen molar-refractivity contribution in [2.45, 2.75) is 36.9 Å². The van der Waals surface area contributed by atoms with E-state index in [9.17, 15) is 13.2 Å². The second kappa shape index (κ2) is 11.3. The number of carbonyl (C=O) groups is 1. The molecule has 2 aromatic carbocycles. The van der Waals surface area contributed by atoms with Gasteiger partial charge in [0.15, 0.2) is 0 Å². The van der Waals surface area contributed by atoms with Crippen molar-refractivity contribution >= 4 is 31.9 Å². The highest BCUT2D eigenvalue weighted by atomic mass is 79.9. The summed E-state index contributed by atoms with van der Waals surface area (Å²) in [5, 5.41) is 0. The molecule has 1 fully saturated rings. The van der Waals surface area contributed by atoms with Crippen LogP contribution in [0, 0.1) is 0 Å². The lowest BCUT2D eigenvalue weighted by Crippen LogP contribution is -2.45. The van der Waals surface area contributed by atoms with Gasteiger partial charge in [-0.3, -0.25) is 4.79 Å². The first kappa shape index (κ1) is 24.7. The molecule has 0 radical (unpaired) electrons. The van der Waals surface area contributed by atoms with Crippen LogP contribution in [-0.4, -0.2) is 49.3 Å². The molecule has 0 spiro atoms. The Balaban J connectivity index is 1.59. The minimum Gasteiger partial charge on any atom is -0.467 e. The van der Waals surface area contributed by atoms with Gasteiger partial charge in [0.1, 0.15) is 5.76 Å². The molecule has 1 aromatic heterocycles. The van der Waals surface area contributed by atoms with Crippen molar-refractivity contribution in [2.24, 2.45) is 0 Å². The fourth-order valence-electron chi connectivity index (χ4n) is 3.90. The molecule has 0 bridgehead atoms. The van der Waals surface area contributed by atoms with Crippen LogP contribution in [0.3, 0.4) is 0 Å². The van der Waals surface area contributed by atoms with E-state index in [4.69, 9.17) is 9.15 Å². The van der Waals surface area contributed by atoms with Crippen molar-refractivity contribution in [1.82, 2.24) is 9.21 Å². The van der Waals surface area contributed by atoms with Crippen LogP contribution in [-0.2, 0) is 32.6 Å². The smallest absolute Gasteiger partial charge is 0.243 e. The fraction of sp³-hybridized carbons (Fsp3) is 0.320. The van der Waals surface area contributed by atoms with Crippen LogP contribution in [0.25, 0.3) is 0 Å². The van der Waals surface area contributed by atoms with Gasteiger partial charge in [-0.1, -0.05) is 46.3 Å². The first-order valence-corrected chi connectivity index (χ1v) is 13.4. The number of halogens is 1. The van der Waals surface area contributed by atoms with Crippen molar-refractivity contribution in [2.75, 3.05) is 19.7 Å². The van der Waals surface area contributed by atoms with Gasteiger partial charge >= 0.3 is 0 Å². The Kier molecular flexibility index (Phi) is 8.20. The van der Waals surface area contributed by atoms with Crippen molar-refractivity contribution in [3.05, 3.63) is 88.8 Å². The molecule has 7 nitrogen and oxygen atoms in total. The molecule has 3 aromatic rings. The molecule has 34 heavy (non-hydrogen) atoms. The Labute approximate surface area is 208 Å². The molecule has 1 atom stereocenters. The van der Waals surface area contributed by atoms with E-state index in [2.05, 4.69) is 15.9 Å². The lowest BCUT2D eigenvalue weighted by Gasteiger charge is -2.28. The van der Waals surface area contributed by atoms with Crippen LogP contribution in [0.1, 0.15) is 24.2 Å². The monoisotopic (exact) mass is 546 g/mol. The molecular formula is C25H27BrN2O5S. The summed E-state index contributed by atoms with van der Waals surface area (Å²) in [6, 6.07) is 19.6. The molecular weight excluding hydrogens is 520 g/mol. The van der Waals surface area contributed by atoms with Crippen molar-refractivity contribution in [1.29, 1.82) is 0 Å². The summed E-state index contributed by atoms with van der Waals surface area (Å²) in [6.07, 6.45) is 2.97. The van der Waals surface area contributed by atoms with Crippen LogP contribution in [0.5, 0.6) is 0 Å². The van der Waals surface area contributed by atoms with Gasteiger partial charge < -0.3 is 14.1 Å². The van der Waals surface area contributed by atoms with E-state index >= 15 is 0 Å². The van der Waals surface area contributed by atoms with Gasteiger partial charge in [0.2, 0.25) is 15.9 Å². The molecule has 180 valence electrons. The molecule has 0 saturated carbocycles. The number of rotatable bonds is 10. The van der Waals surface area contributed by atoms with E-state index in [-0.39, 0.29) is 36.5 Å². The third kappa shape index (κ3) is 6.35. The Morgan fingerprint density at radius 1 is 1.00 bits per heavy atom. The molecule has 1 unspecified atom stereocenters. The van der Waals surface area contributed by atoms with E-state index in [1.54, 1.807) is 35.4 Å². The van der Waals surface area contributed by atoms with Crippen molar-refractivity contribution in [3.8, 4) is 0 Å². The maximum atomic E-state index is 13.5. The SMILES string of the molecule is O=C(CN(CC1CCCO1)S(=O)(=O)c1ccc(Br)cc1)N(Cc1ccccc1)Cc1ccco1. The molecule has 9 heteroatoms. The van der Waals surface area contributed by atoms with Gasteiger partial charge in [0, 0.05) is 24.2 Å². The number of sulfonamides is 1. The van der Waals surface area contributed by atoms with Gasteiger partial charge in [-0.15, -0.1) is 0 Å². The predicted molar refractivity (Wildman–Crippen MR) is 131 cm³/mol. The van der Waals surface area contributed by atoms with Gasteiger partial charge in [-0.05, 0) is 54.8 Å². The molecule has 2 heterocycles.